The van der Waals surface area contributed by atoms with Gasteiger partial charge in [-0.1, -0.05) is 0 Å². The van der Waals surface area contributed by atoms with E-state index < -0.39 is 0 Å². The molecule has 0 radical (unpaired) electrons. The predicted molar refractivity (Wildman–Crippen MR) is 99.0 cm³/mol. The van der Waals surface area contributed by atoms with Gasteiger partial charge in [-0.05, 0) is 0 Å². The minimum atomic E-state index is -0.149. The summed E-state index contributed by atoms with van der Waals surface area (Å²) in [5.74, 6) is -0.290. The van der Waals surface area contributed by atoms with Crippen LogP contribution in [0.1, 0.15) is 24.5 Å². The Kier molecular flexibility index (Phi) is 3.25. The van der Waals surface area contributed by atoms with Gasteiger partial charge in [0.1, 0.15) is 0 Å². The molecule has 0 fully saturated rings. The number of nitrogens with zero attached hydrogens (tertiary/aromatic N) is 2. The summed E-state index contributed by atoms with van der Waals surface area (Å²) in [6, 6.07) is 9.83. The molecule has 0 aliphatic heterocycles. The molecule has 0 atom stereocenters. The Morgan fingerprint density at radius 2 is 2.00 bits per heavy atom. The van der Waals surface area contributed by atoms with Crippen molar-refractivity contribution in [3.63, 3.8) is 0 Å². The van der Waals surface area contributed by atoms with Crippen molar-refractivity contribution in [2.24, 2.45) is 0 Å². The van der Waals surface area contributed by atoms with Crippen LogP contribution in [0, 0.1) is 0 Å². The second-order valence-electron chi connectivity index (χ2n) is 5.68. The van der Waals surface area contributed by atoms with Crippen LogP contribution in [-0.4, -0.2) is 35.6 Å². The van der Waals surface area contributed by atoms with Gasteiger partial charge in [0.2, 0.25) is 0 Å². The van der Waals surface area contributed by atoms with E-state index in [4.69, 9.17) is 0 Å². The number of carbonyl (C=O) groups excluding carboxylic acids is 2. The molecule has 1 aliphatic rings. The first-order valence-corrected chi connectivity index (χ1v) is 10.2. The average Bonchev–Trinajstić information content (AvgIpc) is 3.38. The summed E-state index contributed by atoms with van der Waals surface area (Å²) < 4.78 is 4.35. The van der Waals surface area contributed by atoms with E-state index in [-0.39, 0.29) is 26.1 Å². The van der Waals surface area contributed by atoms with Gasteiger partial charge in [0.15, 0.2) is 0 Å². The first kappa shape index (κ1) is 14.8. The monoisotopic (exact) mass is 410 g/mol. The zero-order valence-corrected chi connectivity index (χ0v) is 15.3. The number of rotatable bonds is 2. The van der Waals surface area contributed by atoms with Gasteiger partial charge < -0.3 is 0 Å². The molecular weight excluding hydrogens is 399 g/mol. The fourth-order valence-electron chi connectivity index (χ4n) is 3.03. The Hall–Kier alpha value is -2.53. The Morgan fingerprint density at radius 1 is 1.08 bits per heavy atom. The SMILES string of the molecule is O=C1/C(=C\c2ccc(-n3ccc4cnccc43)[se]2)C(=O)c2sccc21. The topological polar surface area (TPSA) is 52.0 Å². The van der Waals surface area contributed by atoms with Crippen molar-refractivity contribution in [2.45, 2.75) is 0 Å². The fourth-order valence-corrected chi connectivity index (χ4v) is 5.87. The van der Waals surface area contributed by atoms with Crippen LogP contribution >= 0.6 is 11.3 Å². The summed E-state index contributed by atoms with van der Waals surface area (Å²) >= 11 is 1.38. The standard InChI is InChI=1S/C19H10N2O2SSe/c22-17-13-5-8-24-19(13)18(23)14(17)9-12-1-2-16(25-12)21-7-4-11-10-20-6-3-15(11)21/h1-10H/b14-9+. The van der Waals surface area contributed by atoms with Gasteiger partial charge in [-0.15, -0.1) is 0 Å². The summed E-state index contributed by atoms with van der Waals surface area (Å²) in [6.07, 6.45) is 7.44. The van der Waals surface area contributed by atoms with Crippen molar-refractivity contribution in [3.05, 3.63) is 74.8 Å². The number of thiophene rings is 1. The molecule has 1 aliphatic carbocycles. The van der Waals surface area contributed by atoms with Gasteiger partial charge in [-0.3, -0.25) is 0 Å². The van der Waals surface area contributed by atoms with Crippen molar-refractivity contribution < 1.29 is 9.59 Å². The molecule has 0 spiro atoms. The quantitative estimate of drug-likeness (QED) is 0.289. The third-order valence-electron chi connectivity index (χ3n) is 4.23. The van der Waals surface area contributed by atoms with Crippen molar-refractivity contribution in [2.75, 3.05) is 0 Å². The van der Waals surface area contributed by atoms with E-state index in [2.05, 4.69) is 15.6 Å². The molecule has 0 bridgehead atoms. The Bertz CT molecular complexity index is 1160. The van der Waals surface area contributed by atoms with Gasteiger partial charge in [0.05, 0.1) is 0 Å². The number of hydrogen-bond donors (Lipinski definition) is 0. The second-order valence-corrected chi connectivity index (χ2v) is 8.89. The van der Waals surface area contributed by atoms with E-state index >= 15 is 0 Å². The Morgan fingerprint density at radius 3 is 2.88 bits per heavy atom. The third-order valence-corrected chi connectivity index (χ3v) is 7.31. The Labute approximate surface area is 152 Å². The number of hydrogen-bond acceptors (Lipinski definition) is 4. The number of ketones is 2. The van der Waals surface area contributed by atoms with E-state index in [1.165, 1.54) is 15.9 Å². The van der Waals surface area contributed by atoms with Crippen LogP contribution in [-0.2, 0) is 0 Å². The number of aromatic nitrogens is 2. The summed E-state index contributed by atoms with van der Waals surface area (Å²) in [5.41, 5.74) is 1.95. The molecule has 0 N–H and O–H groups in total. The van der Waals surface area contributed by atoms with E-state index in [0.29, 0.717) is 16.0 Å². The molecule has 0 saturated carbocycles. The van der Waals surface area contributed by atoms with Crippen LogP contribution in [0.5, 0.6) is 0 Å². The van der Waals surface area contributed by atoms with Gasteiger partial charge in [-0.2, -0.15) is 0 Å². The molecular formula is C19H10N2O2SSe. The van der Waals surface area contributed by atoms with Gasteiger partial charge in [-0.25, -0.2) is 0 Å². The van der Waals surface area contributed by atoms with Gasteiger partial charge in [0.25, 0.3) is 0 Å². The van der Waals surface area contributed by atoms with Crippen LogP contribution in [0.25, 0.3) is 21.5 Å². The van der Waals surface area contributed by atoms with Crippen LogP contribution in [0.15, 0.2) is 59.9 Å². The minimum absolute atomic E-state index is 0.0405. The second kappa shape index (κ2) is 5.49. The molecule has 0 amide bonds. The summed E-state index contributed by atoms with van der Waals surface area (Å²) in [5, 5.41) is 2.89. The summed E-state index contributed by atoms with van der Waals surface area (Å²) in [4.78, 5) is 29.5. The van der Waals surface area contributed by atoms with E-state index in [0.717, 1.165) is 15.3 Å². The molecule has 25 heavy (non-hydrogen) atoms. The van der Waals surface area contributed by atoms with Crippen LogP contribution in [0.2, 0.25) is 0 Å². The molecule has 120 valence electrons. The normalized spacial score (nSPS) is 15.4. The van der Waals surface area contributed by atoms with E-state index in [1.807, 2.05) is 30.6 Å². The van der Waals surface area contributed by atoms with Crippen LogP contribution in [0.4, 0.5) is 0 Å². The first-order valence-electron chi connectivity index (χ1n) is 7.62. The number of carbonyl (C=O) groups is 2. The summed E-state index contributed by atoms with van der Waals surface area (Å²) in [7, 11) is 0. The molecule has 6 heteroatoms. The molecule has 4 aromatic rings. The number of allylic oxidation sites excluding steroid dienone is 1. The molecule has 4 aromatic heterocycles. The van der Waals surface area contributed by atoms with Crippen LogP contribution in [0.3, 0.4) is 0 Å². The van der Waals surface area contributed by atoms with E-state index in [1.54, 1.807) is 23.7 Å². The van der Waals surface area contributed by atoms with Gasteiger partial charge in [0, 0.05) is 0 Å². The maximum atomic E-state index is 12.4. The van der Waals surface area contributed by atoms with Crippen molar-refractivity contribution >= 4 is 54.4 Å². The predicted octanol–water partition coefficient (Wildman–Crippen LogP) is 3.61. The van der Waals surface area contributed by atoms with Crippen molar-refractivity contribution in [1.29, 1.82) is 0 Å². The van der Waals surface area contributed by atoms with Crippen molar-refractivity contribution in [1.82, 2.24) is 9.55 Å². The number of Topliss-reactive ketones (excluding diaryl/α,β-unsaturated/α-hetero) is 2. The number of fused-ring (bicyclic) bond motifs is 2. The average molecular weight is 409 g/mol. The van der Waals surface area contributed by atoms with E-state index in [9.17, 15) is 9.59 Å². The molecule has 0 saturated heterocycles. The Balaban J connectivity index is 1.55. The molecule has 5 rings (SSSR count). The zero-order valence-electron chi connectivity index (χ0n) is 12.8. The van der Waals surface area contributed by atoms with Crippen LogP contribution < -0.4 is 0 Å². The zero-order chi connectivity index (χ0) is 17.0. The third kappa shape index (κ3) is 2.23. The van der Waals surface area contributed by atoms with Crippen molar-refractivity contribution in [3.8, 4) is 4.56 Å². The summed E-state index contributed by atoms with van der Waals surface area (Å²) in [6.45, 7) is 0. The van der Waals surface area contributed by atoms with Gasteiger partial charge >= 0.3 is 153 Å². The molecule has 0 aromatic carbocycles. The first-order chi connectivity index (χ1) is 12.2. The molecule has 4 heterocycles. The fraction of sp³-hybridized carbons (Fsp3) is 0. The maximum absolute atomic E-state index is 12.4. The molecule has 0 unspecified atom stereocenters. The molecule has 4 nitrogen and oxygen atoms in total. The number of pyridine rings is 1.